The van der Waals surface area contributed by atoms with E-state index in [1.54, 1.807) is 6.92 Å². The number of likely N-dealkylation sites (tertiary alicyclic amines) is 1. The molecule has 2 rings (SSSR count). The van der Waals surface area contributed by atoms with Crippen molar-refractivity contribution in [3.63, 3.8) is 0 Å². The van der Waals surface area contributed by atoms with E-state index < -0.39 is 11.6 Å². The van der Waals surface area contributed by atoms with Crippen molar-refractivity contribution >= 4 is 5.97 Å². The van der Waals surface area contributed by atoms with E-state index in [2.05, 4.69) is 23.3 Å². The summed E-state index contributed by atoms with van der Waals surface area (Å²) in [5.74, 6) is 4.80. The van der Waals surface area contributed by atoms with E-state index in [0.29, 0.717) is 0 Å². The molecule has 0 aromatic rings. The highest BCUT2D eigenvalue weighted by atomic mass is 16.6. The van der Waals surface area contributed by atoms with Gasteiger partial charge in [-0.15, -0.1) is 12.5 Å². The van der Waals surface area contributed by atoms with Crippen molar-refractivity contribution in [2.75, 3.05) is 19.6 Å². The quantitative estimate of drug-likeness (QED) is 0.480. The summed E-state index contributed by atoms with van der Waals surface area (Å²) in [6.07, 6.45) is 7.18. The molecule has 0 aromatic heterocycles. The van der Waals surface area contributed by atoms with Crippen LogP contribution in [0.5, 0.6) is 0 Å². The lowest BCUT2D eigenvalue weighted by Gasteiger charge is -2.33. The van der Waals surface area contributed by atoms with Crippen LogP contribution >= 0.6 is 0 Å². The summed E-state index contributed by atoms with van der Waals surface area (Å²) in [7, 11) is 0. The second-order valence-corrected chi connectivity index (χ2v) is 6.32. The van der Waals surface area contributed by atoms with Crippen molar-refractivity contribution < 1.29 is 14.6 Å². The summed E-state index contributed by atoms with van der Waals surface area (Å²) < 4.78 is 5.60. The molecule has 0 amide bonds. The zero-order chi connectivity index (χ0) is 16.0. The maximum absolute atomic E-state index is 12.5. The van der Waals surface area contributed by atoms with Gasteiger partial charge in [0.25, 0.3) is 0 Å². The van der Waals surface area contributed by atoms with Crippen LogP contribution in [0, 0.1) is 17.8 Å². The Morgan fingerprint density at radius 1 is 1.36 bits per heavy atom. The molecule has 1 saturated carbocycles. The van der Waals surface area contributed by atoms with Crippen molar-refractivity contribution in [2.24, 2.45) is 5.92 Å². The molecule has 0 aromatic carbocycles. The first-order chi connectivity index (χ1) is 10.6. The van der Waals surface area contributed by atoms with E-state index in [0.717, 1.165) is 58.2 Å². The summed E-state index contributed by atoms with van der Waals surface area (Å²) in [6, 6.07) is 0. The third kappa shape index (κ3) is 3.91. The predicted octanol–water partition coefficient (Wildman–Crippen LogP) is 2.12. The zero-order valence-electron chi connectivity index (χ0n) is 13.5. The van der Waals surface area contributed by atoms with Gasteiger partial charge in [0.15, 0.2) is 0 Å². The van der Waals surface area contributed by atoms with Crippen molar-refractivity contribution in [3.05, 3.63) is 12.7 Å². The number of piperidine rings is 1. The second kappa shape index (κ2) is 7.80. The number of carbonyl (C=O) groups is 1. The standard InChI is InChI=1S/C18H27NO3/c1-3-11-18(21,15-7-5-6-8-15)17(20)22-16-9-13-19(12-4-2)14-10-16/h4,15-16,21H,2,5-10,12-14H2,1H3/t18-/m1/s1. The first-order valence-electron chi connectivity index (χ1n) is 8.30. The molecule has 2 aliphatic rings. The maximum Gasteiger partial charge on any atom is 0.351 e. The topological polar surface area (TPSA) is 49.8 Å². The van der Waals surface area contributed by atoms with Crippen molar-refractivity contribution in [1.82, 2.24) is 4.90 Å². The van der Waals surface area contributed by atoms with E-state index in [1.807, 2.05) is 6.08 Å². The minimum Gasteiger partial charge on any atom is -0.459 e. The number of carbonyl (C=O) groups excluding carboxylic acids is 1. The van der Waals surface area contributed by atoms with E-state index in [9.17, 15) is 9.90 Å². The highest BCUT2D eigenvalue weighted by molar-refractivity contribution is 5.84. The monoisotopic (exact) mass is 305 g/mol. The van der Waals surface area contributed by atoms with Crippen LogP contribution in [-0.2, 0) is 9.53 Å². The summed E-state index contributed by atoms with van der Waals surface area (Å²) in [5, 5.41) is 10.8. The fraction of sp³-hybridized carbons (Fsp3) is 0.722. The van der Waals surface area contributed by atoms with Crippen LogP contribution in [0.1, 0.15) is 45.4 Å². The average Bonchev–Trinajstić information content (AvgIpc) is 3.04. The molecule has 1 saturated heterocycles. The Hall–Kier alpha value is -1.31. The fourth-order valence-electron chi connectivity index (χ4n) is 3.49. The van der Waals surface area contributed by atoms with Crippen molar-refractivity contribution in [2.45, 2.75) is 57.2 Å². The number of nitrogens with zero attached hydrogens (tertiary/aromatic N) is 1. The highest BCUT2D eigenvalue weighted by Gasteiger charge is 2.46. The van der Waals surface area contributed by atoms with Gasteiger partial charge in [-0.2, -0.15) is 0 Å². The number of aliphatic hydroxyl groups is 1. The van der Waals surface area contributed by atoms with E-state index in [1.165, 1.54) is 0 Å². The van der Waals surface area contributed by atoms with Crippen LogP contribution < -0.4 is 0 Å². The molecule has 1 aliphatic heterocycles. The van der Waals surface area contributed by atoms with Crippen molar-refractivity contribution in [3.8, 4) is 11.8 Å². The molecule has 1 atom stereocenters. The van der Waals surface area contributed by atoms with Gasteiger partial charge in [-0.3, -0.25) is 4.90 Å². The Balaban J connectivity index is 1.94. The predicted molar refractivity (Wildman–Crippen MR) is 86.1 cm³/mol. The SMILES string of the molecule is C=CCN1CCC(OC(=O)[C@@](O)(C#CC)C2CCCC2)CC1. The van der Waals surface area contributed by atoms with E-state index in [-0.39, 0.29) is 12.0 Å². The third-order valence-corrected chi connectivity index (χ3v) is 4.77. The first kappa shape index (κ1) is 17.1. The van der Waals surface area contributed by atoms with Crippen LogP contribution in [0.4, 0.5) is 0 Å². The van der Waals surface area contributed by atoms with Crippen LogP contribution in [0.15, 0.2) is 12.7 Å². The molecule has 0 unspecified atom stereocenters. The Morgan fingerprint density at radius 3 is 2.55 bits per heavy atom. The van der Waals surface area contributed by atoms with Gasteiger partial charge in [0.1, 0.15) is 6.10 Å². The molecule has 1 N–H and O–H groups in total. The minimum atomic E-state index is -1.62. The van der Waals surface area contributed by atoms with Gasteiger partial charge in [-0.1, -0.05) is 24.8 Å². The fourth-order valence-corrected chi connectivity index (χ4v) is 3.49. The first-order valence-corrected chi connectivity index (χ1v) is 8.30. The normalized spacial score (nSPS) is 23.4. The molecule has 22 heavy (non-hydrogen) atoms. The molecule has 1 heterocycles. The molecule has 2 fully saturated rings. The van der Waals surface area contributed by atoms with Gasteiger partial charge in [0, 0.05) is 25.6 Å². The van der Waals surface area contributed by atoms with Gasteiger partial charge in [0.2, 0.25) is 5.60 Å². The molecule has 4 nitrogen and oxygen atoms in total. The average molecular weight is 305 g/mol. The largest absolute Gasteiger partial charge is 0.459 e. The lowest BCUT2D eigenvalue weighted by atomic mass is 9.86. The van der Waals surface area contributed by atoms with Gasteiger partial charge in [0.05, 0.1) is 0 Å². The van der Waals surface area contributed by atoms with E-state index in [4.69, 9.17) is 4.74 Å². The third-order valence-electron chi connectivity index (χ3n) is 4.77. The molecule has 4 heteroatoms. The van der Waals surface area contributed by atoms with Gasteiger partial charge in [-0.05, 0) is 32.6 Å². The molecule has 1 aliphatic carbocycles. The highest BCUT2D eigenvalue weighted by Crippen LogP contribution is 2.35. The number of rotatable bonds is 5. The number of hydrogen-bond acceptors (Lipinski definition) is 4. The molecule has 0 radical (unpaired) electrons. The lowest BCUT2D eigenvalue weighted by Crippen LogP contribution is -2.48. The molecule has 0 bridgehead atoms. The summed E-state index contributed by atoms with van der Waals surface area (Å²) >= 11 is 0. The molecular formula is C18H27NO3. The molecule has 0 spiro atoms. The van der Waals surface area contributed by atoms with E-state index >= 15 is 0 Å². The maximum atomic E-state index is 12.5. The summed E-state index contributed by atoms with van der Waals surface area (Å²) in [5.41, 5.74) is -1.62. The Bertz CT molecular complexity index is 451. The summed E-state index contributed by atoms with van der Waals surface area (Å²) in [4.78, 5) is 14.8. The number of ether oxygens (including phenoxy) is 1. The van der Waals surface area contributed by atoms with Crippen LogP contribution in [0.2, 0.25) is 0 Å². The molecule has 122 valence electrons. The Kier molecular flexibility index (Phi) is 6.05. The Labute approximate surface area is 133 Å². The smallest absolute Gasteiger partial charge is 0.351 e. The zero-order valence-corrected chi connectivity index (χ0v) is 13.5. The van der Waals surface area contributed by atoms with Gasteiger partial charge >= 0.3 is 5.97 Å². The second-order valence-electron chi connectivity index (χ2n) is 6.32. The van der Waals surface area contributed by atoms with Crippen LogP contribution in [0.3, 0.4) is 0 Å². The molecular weight excluding hydrogens is 278 g/mol. The van der Waals surface area contributed by atoms with Crippen LogP contribution in [0.25, 0.3) is 0 Å². The van der Waals surface area contributed by atoms with Gasteiger partial charge in [-0.25, -0.2) is 4.79 Å². The van der Waals surface area contributed by atoms with Gasteiger partial charge < -0.3 is 9.84 Å². The van der Waals surface area contributed by atoms with Crippen molar-refractivity contribution in [1.29, 1.82) is 0 Å². The number of esters is 1. The lowest BCUT2D eigenvalue weighted by molar-refractivity contribution is -0.171. The summed E-state index contributed by atoms with van der Waals surface area (Å²) in [6.45, 7) is 8.05. The van der Waals surface area contributed by atoms with Crippen LogP contribution in [-0.4, -0.2) is 47.3 Å². The number of hydrogen-bond donors (Lipinski definition) is 1. The Morgan fingerprint density at radius 2 is 2.00 bits per heavy atom. The minimum absolute atomic E-state index is 0.0895.